The molecule has 2 rings (SSSR count). The van der Waals surface area contributed by atoms with E-state index in [0.717, 1.165) is 18.4 Å². The van der Waals surface area contributed by atoms with E-state index in [2.05, 4.69) is 20.3 Å². The Hall–Kier alpha value is -3.43. The third-order valence-corrected chi connectivity index (χ3v) is 7.24. The number of ether oxygens (including phenoxy) is 1. The lowest BCUT2D eigenvalue weighted by molar-refractivity contribution is -0.101. The monoisotopic (exact) mass is 688 g/mol. The van der Waals surface area contributed by atoms with E-state index in [0.29, 0.717) is 18.7 Å². The number of hydrogen-bond donors (Lipinski definition) is 12. The molecule has 2 aromatic rings. The number of nitrogen functional groups attached to an aromatic ring is 2. The molecular formula is C28H45ClN8O10. The number of aliphatic imine (C=N–C) groups is 1. The number of aliphatic hydroxyl groups is 8. The largest absolute Gasteiger partial charge is 0.492 e. The molecule has 1 aromatic heterocycles. The van der Waals surface area contributed by atoms with Crippen LogP contribution in [0.3, 0.4) is 0 Å². The van der Waals surface area contributed by atoms with Crippen LogP contribution in [0.15, 0.2) is 29.3 Å². The average Bonchev–Trinajstić information content (AvgIpc) is 3.05. The first kappa shape index (κ1) is 39.7. The average molecular weight is 689 g/mol. The van der Waals surface area contributed by atoms with Crippen LogP contribution in [0.25, 0.3) is 0 Å². The van der Waals surface area contributed by atoms with Gasteiger partial charge in [-0.3, -0.25) is 20.0 Å². The molecule has 0 fully saturated rings. The lowest BCUT2D eigenvalue weighted by Crippen LogP contribution is -2.51. The van der Waals surface area contributed by atoms with Gasteiger partial charge in [0.15, 0.2) is 28.4 Å². The fourth-order valence-corrected chi connectivity index (χ4v) is 4.37. The standard InChI is InChI=1S/C28H45ClN8O10/c29-24-26(31)35-25(30)21(34-24)27(46)36-28(32)33-8-2-1-3-15-4-6-16(7-5-15)47-10-9-37(11-17(40)22(44)19(42)13-38)12-18(41)23(45)20(43)14-39/h4-7,17-20,22-23,38-45H,1-3,8-14H2,(H4,30,31,35)(H3,32,33,36,46)/t17-,18-,19-,20-,22+,23+/m1/s1. The molecule has 1 amide bonds. The molecule has 19 heteroatoms. The molecule has 0 aliphatic heterocycles. The van der Waals surface area contributed by atoms with Gasteiger partial charge >= 0.3 is 0 Å². The van der Waals surface area contributed by atoms with Crippen LogP contribution in [0, 0.1) is 0 Å². The highest BCUT2D eigenvalue weighted by Crippen LogP contribution is 2.17. The van der Waals surface area contributed by atoms with Gasteiger partial charge in [-0.2, -0.15) is 0 Å². The zero-order valence-corrected chi connectivity index (χ0v) is 26.4. The predicted molar refractivity (Wildman–Crippen MR) is 171 cm³/mol. The van der Waals surface area contributed by atoms with Crippen molar-refractivity contribution in [1.82, 2.24) is 20.2 Å². The van der Waals surface area contributed by atoms with Gasteiger partial charge < -0.3 is 62.8 Å². The van der Waals surface area contributed by atoms with E-state index in [1.165, 1.54) is 4.90 Å². The number of aromatic nitrogens is 2. The molecule has 0 spiro atoms. The number of anilines is 2. The molecule has 0 radical (unpaired) electrons. The van der Waals surface area contributed by atoms with E-state index in [9.17, 15) is 35.4 Å². The highest BCUT2D eigenvalue weighted by atomic mass is 35.5. The second-order valence-electron chi connectivity index (χ2n) is 10.7. The minimum absolute atomic E-state index is 0.0661. The smallest absolute Gasteiger partial charge is 0.280 e. The summed E-state index contributed by atoms with van der Waals surface area (Å²) in [7, 11) is 0. The number of carbonyl (C=O) groups excluding carboxylic acids is 1. The molecule has 0 saturated carbocycles. The molecule has 264 valence electrons. The van der Waals surface area contributed by atoms with E-state index < -0.39 is 55.7 Å². The highest BCUT2D eigenvalue weighted by Gasteiger charge is 2.30. The Morgan fingerprint density at radius 2 is 1.47 bits per heavy atom. The van der Waals surface area contributed by atoms with Gasteiger partial charge in [-0.15, -0.1) is 0 Å². The summed E-state index contributed by atoms with van der Waals surface area (Å²) in [6.07, 6.45) is -7.42. The number of guanidine groups is 1. The molecule has 15 N–H and O–H groups in total. The van der Waals surface area contributed by atoms with E-state index in [-0.39, 0.29) is 54.7 Å². The quantitative estimate of drug-likeness (QED) is 0.0360. The number of aliphatic hydroxyl groups excluding tert-OH is 8. The van der Waals surface area contributed by atoms with Crippen molar-refractivity contribution >= 4 is 35.1 Å². The summed E-state index contributed by atoms with van der Waals surface area (Å²) >= 11 is 5.79. The second-order valence-corrected chi connectivity index (χ2v) is 11.0. The summed E-state index contributed by atoms with van der Waals surface area (Å²) in [5, 5.41) is 80.1. The minimum atomic E-state index is -1.68. The van der Waals surface area contributed by atoms with Gasteiger partial charge in [0.25, 0.3) is 5.91 Å². The summed E-state index contributed by atoms with van der Waals surface area (Å²) in [5.74, 6) is -0.617. The number of carbonyl (C=O) groups is 1. The summed E-state index contributed by atoms with van der Waals surface area (Å²) in [4.78, 5) is 25.4. The molecular weight excluding hydrogens is 644 g/mol. The number of amides is 1. The third-order valence-electron chi connectivity index (χ3n) is 6.96. The van der Waals surface area contributed by atoms with Crippen molar-refractivity contribution < 1.29 is 50.4 Å². The van der Waals surface area contributed by atoms with E-state index in [1.807, 2.05) is 12.1 Å². The van der Waals surface area contributed by atoms with Gasteiger partial charge in [0.1, 0.15) is 36.8 Å². The minimum Gasteiger partial charge on any atom is -0.492 e. The molecule has 1 heterocycles. The molecule has 0 saturated heterocycles. The molecule has 18 nitrogen and oxygen atoms in total. The van der Waals surface area contributed by atoms with Crippen LogP contribution in [-0.2, 0) is 6.42 Å². The fourth-order valence-electron chi connectivity index (χ4n) is 4.24. The first-order chi connectivity index (χ1) is 22.3. The normalized spacial score (nSPS) is 15.9. The van der Waals surface area contributed by atoms with Crippen LogP contribution < -0.4 is 27.3 Å². The van der Waals surface area contributed by atoms with E-state index in [4.69, 9.17) is 43.8 Å². The second kappa shape index (κ2) is 20.1. The molecule has 0 bridgehead atoms. The summed E-state index contributed by atoms with van der Waals surface area (Å²) in [6, 6.07) is 7.27. The Bertz CT molecular complexity index is 1250. The Morgan fingerprint density at radius 3 is 2.02 bits per heavy atom. The highest BCUT2D eigenvalue weighted by molar-refractivity contribution is 6.31. The zero-order chi connectivity index (χ0) is 35.1. The van der Waals surface area contributed by atoms with Gasteiger partial charge in [-0.1, -0.05) is 23.7 Å². The molecule has 6 atom stereocenters. The molecule has 0 aliphatic carbocycles. The van der Waals surface area contributed by atoms with Crippen LogP contribution in [0.4, 0.5) is 11.6 Å². The number of nitrogens with zero attached hydrogens (tertiary/aromatic N) is 4. The zero-order valence-electron chi connectivity index (χ0n) is 25.6. The SMILES string of the molecule is NC(=NCCCCc1ccc(OCCN(C[C@@H](O)[C@H](O)[C@H](O)CO)C[C@@H](O)[C@H](O)[C@H](O)CO)cc1)NC(=O)c1nc(Cl)c(N)nc1N. The van der Waals surface area contributed by atoms with Gasteiger partial charge in [-0.25, -0.2) is 9.97 Å². The fraction of sp³-hybridized carbons (Fsp3) is 0.571. The molecule has 0 unspecified atom stereocenters. The van der Waals surface area contributed by atoms with Crippen molar-refractivity contribution in [2.75, 3.05) is 57.5 Å². The molecule has 47 heavy (non-hydrogen) atoms. The van der Waals surface area contributed by atoms with Gasteiger partial charge in [0.05, 0.1) is 25.4 Å². The maximum absolute atomic E-state index is 12.3. The summed E-state index contributed by atoms with van der Waals surface area (Å²) in [6.45, 7) is -1.60. The first-order valence-corrected chi connectivity index (χ1v) is 15.1. The molecule has 0 aliphatic rings. The number of nitrogens with one attached hydrogen (secondary N) is 1. The van der Waals surface area contributed by atoms with Crippen molar-refractivity contribution in [3.63, 3.8) is 0 Å². The van der Waals surface area contributed by atoms with Gasteiger partial charge in [0.2, 0.25) is 0 Å². The predicted octanol–water partition coefficient (Wildman–Crippen LogP) is -3.81. The lowest BCUT2D eigenvalue weighted by atomic mass is 10.1. The number of halogens is 1. The Morgan fingerprint density at radius 1 is 0.894 bits per heavy atom. The third kappa shape index (κ3) is 13.3. The Balaban J connectivity index is 1.82. The summed E-state index contributed by atoms with van der Waals surface area (Å²) in [5.41, 5.74) is 17.7. The van der Waals surface area contributed by atoms with Crippen molar-refractivity contribution in [2.24, 2.45) is 10.7 Å². The number of benzene rings is 1. The number of rotatable bonds is 20. The number of aryl methyl sites for hydroxylation is 1. The maximum atomic E-state index is 12.3. The van der Waals surface area contributed by atoms with Gasteiger partial charge in [-0.05, 0) is 37.0 Å². The molecule has 1 aromatic carbocycles. The van der Waals surface area contributed by atoms with Crippen LogP contribution in [0.1, 0.15) is 28.9 Å². The lowest BCUT2D eigenvalue weighted by Gasteiger charge is -2.32. The van der Waals surface area contributed by atoms with E-state index in [1.54, 1.807) is 12.1 Å². The van der Waals surface area contributed by atoms with Crippen molar-refractivity contribution in [1.29, 1.82) is 0 Å². The first-order valence-electron chi connectivity index (χ1n) is 14.7. The van der Waals surface area contributed by atoms with E-state index >= 15 is 0 Å². The number of unbranched alkanes of at least 4 members (excludes halogenated alkanes) is 1. The maximum Gasteiger partial charge on any atom is 0.280 e. The van der Waals surface area contributed by atoms with Crippen molar-refractivity contribution in [3.8, 4) is 5.75 Å². The van der Waals surface area contributed by atoms with Crippen LogP contribution >= 0.6 is 11.6 Å². The Labute approximate surface area is 276 Å². The van der Waals surface area contributed by atoms with Crippen molar-refractivity contribution in [3.05, 3.63) is 40.7 Å². The number of nitrogens with two attached hydrogens (primary N) is 3. The van der Waals surface area contributed by atoms with Crippen LogP contribution in [-0.4, -0.2) is 150 Å². The topological polar surface area (TPSA) is 320 Å². The van der Waals surface area contributed by atoms with Crippen molar-refractivity contribution in [2.45, 2.75) is 55.9 Å². The summed E-state index contributed by atoms with van der Waals surface area (Å²) < 4.78 is 5.76. The Kier molecular flexibility index (Phi) is 17.0. The van der Waals surface area contributed by atoms with Gasteiger partial charge in [0, 0.05) is 26.2 Å². The van der Waals surface area contributed by atoms with Crippen LogP contribution in [0.2, 0.25) is 5.15 Å². The number of hydrogen-bond acceptors (Lipinski definition) is 16. The van der Waals surface area contributed by atoms with Crippen LogP contribution in [0.5, 0.6) is 5.75 Å².